The number of benzene rings is 1. The van der Waals surface area contributed by atoms with Gasteiger partial charge in [-0.1, -0.05) is 30.3 Å². The van der Waals surface area contributed by atoms with Crippen molar-refractivity contribution in [1.82, 2.24) is 10.2 Å². The van der Waals surface area contributed by atoms with Crippen molar-refractivity contribution >= 4 is 5.97 Å². The Bertz CT molecular complexity index is 394. The third-order valence-electron chi connectivity index (χ3n) is 3.48. The SMILES string of the molecule is CC1C(C(=O)OCc2ccccc2)NCCN1C. The van der Waals surface area contributed by atoms with Crippen molar-refractivity contribution in [3.8, 4) is 0 Å². The third-order valence-corrected chi connectivity index (χ3v) is 3.48. The lowest BCUT2D eigenvalue weighted by atomic mass is 10.1. The number of hydrogen-bond acceptors (Lipinski definition) is 4. The molecule has 0 bridgehead atoms. The second kappa shape index (κ2) is 5.98. The maximum absolute atomic E-state index is 12.0. The molecule has 1 aromatic carbocycles. The second-order valence-corrected chi connectivity index (χ2v) is 4.75. The van der Waals surface area contributed by atoms with Crippen LogP contribution in [-0.2, 0) is 16.1 Å². The van der Waals surface area contributed by atoms with E-state index in [-0.39, 0.29) is 18.1 Å². The molecule has 0 spiro atoms. The van der Waals surface area contributed by atoms with Gasteiger partial charge in [0.05, 0.1) is 0 Å². The summed E-state index contributed by atoms with van der Waals surface area (Å²) in [7, 11) is 2.03. The van der Waals surface area contributed by atoms with E-state index < -0.39 is 0 Å². The largest absolute Gasteiger partial charge is 0.460 e. The molecule has 1 aromatic rings. The topological polar surface area (TPSA) is 41.6 Å². The Morgan fingerprint density at radius 2 is 2.17 bits per heavy atom. The Morgan fingerprint density at radius 3 is 2.89 bits per heavy atom. The zero-order valence-electron chi connectivity index (χ0n) is 10.9. The fourth-order valence-corrected chi connectivity index (χ4v) is 2.12. The van der Waals surface area contributed by atoms with Crippen LogP contribution in [0.15, 0.2) is 30.3 Å². The van der Waals surface area contributed by atoms with Gasteiger partial charge >= 0.3 is 5.97 Å². The number of carbonyl (C=O) groups is 1. The van der Waals surface area contributed by atoms with E-state index in [2.05, 4.69) is 10.2 Å². The number of piperazine rings is 1. The first-order valence-electron chi connectivity index (χ1n) is 6.32. The monoisotopic (exact) mass is 248 g/mol. The number of rotatable bonds is 3. The quantitative estimate of drug-likeness (QED) is 0.811. The number of nitrogens with one attached hydrogen (secondary N) is 1. The van der Waals surface area contributed by atoms with Crippen LogP contribution in [0.4, 0.5) is 0 Å². The lowest BCUT2D eigenvalue weighted by Crippen LogP contribution is -2.58. The molecule has 2 unspecified atom stereocenters. The van der Waals surface area contributed by atoms with Crippen LogP contribution in [0.2, 0.25) is 0 Å². The predicted molar refractivity (Wildman–Crippen MR) is 70.1 cm³/mol. The average molecular weight is 248 g/mol. The molecule has 4 nitrogen and oxygen atoms in total. The molecule has 1 N–H and O–H groups in total. The first-order chi connectivity index (χ1) is 8.68. The number of ether oxygens (including phenoxy) is 1. The molecule has 98 valence electrons. The standard InChI is InChI=1S/C14H20N2O2/c1-11-13(15-8-9-16(11)2)14(17)18-10-12-6-4-3-5-7-12/h3-7,11,13,15H,8-10H2,1-2H3. The molecular formula is C14H20N2O2. The second-order valence-electron chi connectivity index (χ2n) is 4.75. The summed E-state index contributed by atoms with van der Waals surface area (Å²) in [4.78, 5) is 14.2. The van der Waals surface area contributed by atoms with E-state index in [0.717, 1.165) is 18.7 Å². The van der Waals surface area contributed by atoms with Gasteiger partial charge in [0.25, 0.3) is 0 Å². The first kappa shape index (κ1) is 13.1. The Labute approximate surface area is 108 Å². The fourth-order valence-electron chi connectivity index (χ4n) is 2.12. The highest BCUT2D eigenvalue weighted by molar-refractivity contribution is 5.76. The van der Waals surface area contributed by atoms with Gasteiger partial charge in [0, 0.05) is 19.1 Å². The van der Waals surface area contributed by atoms with E-state index in [4.69, 9.17) is 4.74 Å². The highest BCUT2D eigenvalue weighted by Crippen LogP contribution is 2.09. The summed E-state index contributed by atoms with van der Waals surface area (Å²) in [5.41, 5.74) is 1.02. The maximum Gasteiger partial charge on any atom is 0.325 e. The van der Waals surface area contributed by atoms with Gasteiger partial charge in [-0.3, -0.25) is 4.79 Å². The summed E-state index contributed by atoms with van der Waals surface area (Å²) in [5, 5.41) is 3.22. The van der Waals surface area contributed by atoms with E-state index in [0.29, 0.717) is 6.61 Å². The number of esters is 1. The summed E-state index contributed by atoms with van der Waals surface area (Å²) in [6.45, 7) is 4.17. The highest BCUT2D eigenvalue weighted by Gasteiger charge is 2.31. The van der Waals surface area contributed by atoms with Crippen molar-refractivity contribution in [3.05, 3.63) is 35.9 Å². The van der Waals surface area contributed by atoms with Gasteiger partial charge in [-0.25, -0.2) is 0 Å². The minimum atomic E-state index is -0.229. The van der Waals surface area contributed by atoms with Gasteiger partial charge in [0.2, 0.25) is 0 Å². The number of nitrogens with zero attached hydrogens (tertiary/aromatic N) is 1. The Morgan fingerprint density at radius 1 is 1.44 bits per heavy atom. The maximum atomic E-state index is 12.0. The first-order valence-corrected chi connectivity index (χ1v) is 6.32. The van der Waals surface area contributed by atoms with Gasteiger partial charge < -0.3 is 15.0 Å². The van der Waals surface area contributed by atoms with Crippen LogP contribution in [0.5, 0.6) is 0 Å². The molecule has 1 saturated heterocycles. The van der Waals surface area contributed by atoms with Crippen molar-refractivity contribution in [2.75, 3.05) is 20.1 Å². The molecule has 0 aromatic heterocycles. The predicted octanol–water partition coefficient (Wildman–Crippen LogP) is 1.02. The number of carbonyl (C=O) groups excluding carboxylic acids is 1. The van der Waals surface area contributed by atoms with Gasteiger partial charge in [-0.2, -0.15) is 0 Å². The van der Waals surface area contributed by atoms with Gasteiger partial charge in [0.1, 0.15) is 12.6 Å². The molecule has 2 atom stereocenters. The third kappa shape index (κ3) is 3.09. The molecule has 1 heterocycles. The van der Waals surface area contributed by atoms with Gasteiger partial charge in [-0.15, -0.1) is 0 Å². The molecule has 18 heavy (non-hydrogen) atoms. The smallest absolute Gasteiger partial charge is 0.325 e. The van der Waals surface area contributed by atoms with Crippen molar-refractivity contribution in [1.29, 1.82) is 0 Å². The van der Waals surface area contributed by atoms with E-state index in [1.54, 1.807) is 0 Å². The Kier molecular flexibility index (Phi) is 4.33. The van der Waals surface area contributed by atoms with Crippen LogP contribution < -0.4 is 5.32 Å². The summed E-state index contributed by atoms with van der Waals surface area (Å²) in [5.74, 6) is -0.169. The van der Waals surface area contributed by atoms with Crippen molar-refractivity contribution in [2.45, 2.75) is 25.6 Å². The molecule has 0 saturated carbocycles. The average Bonchev–Trinajstić information content (AvgIpc) is 2.40. The minimum Gasteiger partial charge on any atom is -0.460 e. The molecule has 2 rings (SSSR count). The zero-order valence-corrected chi connectivity index (χ0v) is 10.9. The van der Waals surface area contributed by atoms with Gasteiger partial charge in [0.15, 0.2) is 0 Å². The molecular weight excluding hydrogens is 228 g/mol. The van der Waals surface area contributed by atoms with E-state index in [1.165, 1.54) is 0 Å². The normalized spacial score (nSPS) is 24.8. The van der Waals surface area contributed by atoms with Crippen molar-refractivity contribution < 1.29 is 9.53 Å². The van der Waals surface area contributed by atoms with Crippen LogP contribution in [-0.4, -0.2) is 43.1 Å². The zero-order chi connectivity index (χ0) is 13.0. The highest BCUT2D eigenvalue weighted by atomic mass is 16.5. The molecule has 1 aliphatic rings. The van der Waals surface area contributed by atoms with Crippen LogP contribution in [0.3, 0.4) is 0 Å². The molecule has 1 aliphatic heterocycles. The Balaban J connectivity index is 1.88. The van der Waals surface area contributed by atoms with E-state index >= 15 is 0 Å². The summed E-state index contributed by atoms with van der Waals surface area (Å²) in [6, 6.07) is 9.69. The van der Waals surface area contributed by atoms with Crippen LogP contribution in [0, 0.1) is 0 Å². The van der Waals surface area contributed by atoms with E-state index in [9.17, 15) is 4.79 Å². The minimum absolute atomic E-state index is 0.169. The molecule has 1 fully saturated rings. The number of likely N-dealkylation sites (N-methyl/N-ethyl adjacent to an activating group) is 1. The molecule has 0 amide bonds. The van der Waals surface area contributed by atoms with Crippen LogP contribution in [0.1, 0.15) is 12.5 Å². The van der Waals surface area contributed by atoms with Crippen molar-refractivity contribution in [3.63, 3.8) is 0 Å². The van der Waals surface area contributed by atoms with Crippen LogP contribution in [0.25, 0.3) is 0 Å². The fraction of sp³-hybridized carbons (Fsp3) is 0.500. The van der Waals surface area contributed by atoms with Crippen LogP contribution >= 0.6 is 0 Å². The summed E-state index contributed by atoms with van der Waals surface area (Å²) in [6.07, 6.45) is 0. The summed E-state index contributed by atoms with van der Waals surface area (Å²) >= 11 is 0. The van der Waals surface area contributed by atoms with E-state index in [1.807, 2.05) is 44.3 Å². The summed E-state index contributed by atoms with van der Waals surface area (Å²) < 4.78 is 5.36. The molecule has 0 radical (unpaired) electrons. The Hall–Kier alpha value is -1.39. The van der Waals surface area contributed by atoms with Crippen molar-refractivity contribution in [2.24, 2.45) is 0 Å². The lowest BCUT2D eigenvalue weighted by molar-refractivity contribution is -0.150. The number of hydrogen-bond donors (Lipinski definition) is 1. The lowest BCUT2D eigenvalue weighted by Gasteiger charge is -2.36. The molecule has 0 aliphatic carbocycles. The molecule has 4 heteroatoms. The van der Waals surface area contributed by atoms with Gasteiger partial charge in [-0.05, 0) is 19.5 Å².